The minimum absolute atomic E-state index is 0.00572. The Hall–Kier alpha value is -2.60. The summed E-state index contributed by atoms with van der Waals surface area (Å²) < 4.78 is 0. The number of non-ortho nitro benzene ring substituents is 1. The highest BCUT2D eigenvalue weighted by Gasteiger charge is 2.49. The van der Waals surface area contributed by atoms with E-state index in [0.717, 1.165) is 30.6 Å². The summed E-state index contributed by atoms with van der Waals surface area (Å²) in [5.41, 5.74) is 0.560. The molecular formula is C14H12N4O2. The number of nitro groups is 1. The Morgan fingerprint density at radius 2 is 2.15 bits per heavy atom. The molecule has 2 aliphatic heterocycles. The van der Waals surface area contributed by atoms with Crippen LogP contribution in [0.5, 0.6) is 0 Å². The number of nitro benzene ring substituents is 1. The Labute approximate surface area is 116 Å². The van der Waals surface area contributed by atoms with Gasteiger partial charge in [-0.05, 0) is 24.5 Å². The summed E-state index contributed by atoms with van der Waals surface area (Å²) in [7, 11) is 0. The monoisotopic (exact) mass is 268 g/mol. The normalized spacial score (nSPS) is 22.3. The van der Waals surface area contributed by atoms with Gasteiger partial charge in [0.05, 0.1) is 23.1 Å². The third kappa shape index (κ3) is 1.55. The van der Waals surface area contributed by atoms with Gasteiger partial charge in [0, 0.05) is 30.8 Å². The minimum Gasteiger partial charge on any atom is -0.366 e. The first-order valence-electron chi connectivity index (χ1n) is 6.48. The second-order valence-electron chi connectivity index (χ2n) is 5.29. The van der Waals surface area contributed by atoms with Gasteiger partial charge in [-0.3, -0.25) is 10.1 Å². The molecule has 20 heavy (non-hydrogen) atoms. The first-order chi connectivity index (χ1) is 9.61. The van der Waals surface area contributed by atoms with Gasteiger partial charge in [0.1, 0.15) is 0 Å². The summed E-state index contributed by atoms with van der Waals surface area (Å²) in [5.74, 6) is 0. The van der Waals surface area contributed by atoms with Gasteiger partial charge >= 0.3 is 0 Å². The van der Waals surface area contributed by atoms with Crippen LogP contribution in [0.15, 0.2) is 18.2 Å². The zero-order valence-electron chi connectivity index (χ0n) is 10.7. The quantitative estimate of drug-likeness (QED) is 0.574. The van der Waals surface area contributed by atoms with Gasteiger partial charge in [-0.25, -0.2) is 0 Å². The SMILES string of the molecule is N#CC1(C#N)Cc2cc([N+](=O)[O-])ccc2N2CCCC21. The zero-order chi connectivity index (χ0) is 14.3. The molecule has 1 aromatic carbocycles. The Morgan fingerprint density at radius 3 is 2.80 bits per heavy atom. The summed E-state index contributed by atoms with van der Waals surface area (Å²) >= 11 is 0. The first kappa shape index (κ1) is 12.4. The van der Waals surface area contributed by atoms with Gasteiger partial charge in [0.2, 0.25) is 0 Å². The second kappa shape index (κ2) is 4.21. The molecule has 1 atom stereocenters. The fraction of sp³-hybridized carbons (Fsp3) is 0.429. The number of benzene rings is 1. The van der Waals surface area contributed by atoms with Crippen molar-refractivity contribution in [3.05, 3.63) is 33.9 Å². The summed E-state index contributed by atoms with van der Waals surface area (Å²) in [4.78, 5) is 12.5. The molecule has 0 saturated carbocycles. The van der Waals surface area contributed by atoms with Crippen LogP contribution in [0.3, 0.4) is 0 Å². The zero-order valence-corrected chi connectivity index (χ0v) is 10.7. The maximum Gasteiger partial charge on any atom is 0.269 e. The van der Waals surface area contributed by atoms with Crippen molar-refractivity contribution >= 4 is 11.4 Å². The molecule has 0 amide bonds. The first-order valence-corrected chi connectivity index (χ1v) is 6.48. The third-order valence-electron chi connectivity index (χ3n) is 4.27. The van der Waals surface area contributed by atoms with E-state index >= 15 is 0 Å². The number of hydrogen-bond acceptors (Lipinski definition) is 5. The van der Waals surface area contributed by atoms with E-state index in [1.807, 2.05) is 0 Å². The van der Waals surface area contributed by atoms with Crippen molar-refractivity contribution in [1.29, 1.82) is 10.5 Å². The van der Waals surface area contributed by atoms with Crippen LogP contribution < -0.4 is 4.90 Å². The number of nitrogens with zero attached hydrogens (tertiary/aromatic N) is 4. The lowest BCUT2D eigenvalue weighted by Crippen LogP contribution is -2.48. The highest BCUT2D eigenvalue weighted by molar-refractivity contribution is 5.63. The Kier molecular flexibility index (Phi) is 2.62. The van der Waals surface area contributed by atoms with Crippen LogP contribution in [0, 0.1) is 38.2 Å². The van der Waals surface area contributed by atoms with E-state index < -0.39 is 10.3 Å². The molecule has 0 bridgehead atoms. The largest absolute Gasteiger partial charge is 0.366 e. The maximum absolute atomic E-state index is 10.9. The van der Waals surface area contributed by atoms with Crippen LogP contribution in [-0.2, 0) is 6.42 Å². The third-order valence-corrected chi connectivity index (χ3v) is 4.27. The molecule has 0 aromatic heterocycles. The highest BCUT2D eigenvalue weighted by Crippen LogP contribution is 2.46. The molecule has 1 fully saturated rings. The van der Waals surface area contributed by atoms with Crippen molar-refractivity contribution in [3.63, 3.8) is 0 Å². The molecule has 100 valence electrons. The van der Waals surface area contributed by atoms with Crippen molar-refractivity contribution in [2.75, 3.05) is 11.4 Å². The predicted molar refractivity (Wildman–Crippen MR) is 70.8 cm³/mol. The van der Waals surface area contributed by atoms with Crippen LogP contribution in [0.25, 0.3) is 0 Å². The summed E-state index contributed by atoms with van der Waals surface area (Å²) in [6.45, 7) is 0.792. The van der Waals surface area contributed by atoms with E-state index in [4.69, 9.17) is 0 Å². The molecule has 0 radical (unpaired) electrons. The van der Waals surface area contributed by atoms with E-state index in [2.05, 4.69) is 17.0 Å². The van der Waals surface area contributed by atoms with Gasteiger partial charge in [-0.1, -0.05) is 0 Å². The summed E-state index contributed by atoms with van der Waals surface area (Å²) in [6.07, 6.45) is 2.02. The summed E-state index contributed by atoms with van der Waals surface area (Å²) in [5, 5.41) is 29.8. The lowest BCUT2D eigenvalue weighted by Gasteiger charge is -2.40. The molecule has 1 aromatic rings. The lowest BCUT2D eigenvalue weighted by atomic mass is 9.73. The van der Waals surface area contributed by atoms with Gasteiger partial charge in [-0.15, -0.1) is 0 Å². The van der Waals surface area contributed by atoms with Gasteiger partial charge in [0.25, 0.3) is 5.69 Å². The lowest BCUT2D eigenvalue weighted by molar-refractivity contribution is -0.384. The molecule has 1 saturated heterocycles. The average Bonchev–Trinajstić information content (AvgIpc) is 2.95. The summed E-state index contributed by atoms with van der Waals surface area (Å²) in [6, 6.07) is 8.93. The van der Waals surface area contributed by atoms with Crippen LogP contribution >= 0.6 is 0 Å². The Morgan fingerprint density at radius 1 is 1.40 bits per heavy atom. The van der Waals surface area contributed by atoms with Crippen molar-refractivity contribution < 1.29 is 4.92 Å². The van der Waals surface area contributed by atoms with Crippen molar-refractivity contribution in [2.45, 2.75) is 25.3 Å². The molecule has 1 unspecified atom stereocenters. The number of fused-ring (bicyclic) bond motifs is 3. The van der Waals surface area contributed by atoms with E-state index in [0.29, 0.717) is 0 Å². The fourth-order valence-corrected chi connectivity index (χ4v) is 3.35. The molecule has 2 aliphatic rings. The Bertz CT molecular complexity index is 657. The van der Waals surface area contributed by atoms with Crippen LogP contribution in [0.2, 0.25) is 0 Å². The predicted octanol–water partition coefficient (Wildman–Crippen LogP) is 2.15. The van der Waals surface area contributed by atoms with E-state index in [1.165, 1.54) is 12.1 Å². The minimum atomic E-state index is -1.10. The molecule has 6 heteroatoms. The van der Waals surface area contributed by atoms with E-state index in [9.17, 15) is 20.6 Å². The number of hydrogen-bond donors (Lipinski definition) is 0. The molecule has 3 rings (SSSR count). The number of nitriles is 2. The smallest absolute Gasteiger partial charge is 0.269 e. The standard InChI is InChI=1S/C14H12N4O2/c15-8-14(9-16)7-10-6-11(18(19)20)3-4-12(10)17-5-1-2-13(14)17/h3-4,6,13H,1-2,5,7H2. The van der Waals surface area contributed by atoms with Gasteiger partial charge in [-0.2, -0.15) is 10.5 Å². The van der Waals surface area contributed by atoms with Crippen LogP contribution in [-0.4, -0.2) is 17.5 Å². The van der Waals surface area contributed by atoms with Crippen LogP contribution in [0.4, 0.5) is 11.4 Å². The van der Waals surface area contributed by atoms with Crippen molar-refractivity contribution in [2.24, 2.45) is 5.41 Å². The number of rotatable bonds is 1. The maximum atomic E-state index is 10.9. The fourth-order valence-electron chi connectivity index (χ4n) is 3.35. The van der Waals surface area contributed by atoms with E-state index in [-0.39, 0.29) is 18.2 Å². The van der Waals surface area contributed by atoms with Crippen molar-refractivity contribution in [1.82, 2.24) is 0 Å². The Balaban J connectivity index is 2.15. The average molecular weight is 268 g/mol. The van der Waals surface area contributed by atoms with Crippen LogP contribution in [0.1, 0.15) is 18.4 Å². The van der Waals surface area contributed by atoms with Crippen molar-refractivity contribution in [3.8, 4) is 12.1 Å². The topological polar surface area (TPSA) is 94.0 Å². The molecule has 6 nitrogen and oxygen atoms in total. The van der Waals surface area contributed by atoms with Gasteiger partial charge in [0.15, 0.2) is 5.41 Å². The van der Waals surface area contributed by atoms with E-state index in [1.54, 1.807) is 6.07 Å². The molecule has 2 heterocycles. The second-order valence-corrected chi connectivity index (χ2v) is 5.29. The highest BCUT2D eigenvalue weighted by atomic mass is 16.6. The molecular weight excluding hydrogens is 256 g/mol. The molecule has 0 aliphatic carbocycles. The van der Waals surface area contributed by atoms with Gasteiger partial charge < -0.3 is 4.90 Å². The molecule has 0 N–H and O–H groups in total. The molecule has 0 spiro atoms. The number of anilines is 1.